The molecule has 0 N–H and O–H groups in total. The number of fused-ring (bicyclic) bond motifs is 3. The van der Waals surface area contributed by atoms with Crippen LogP contribution in [0.1, 0.15) is 32.8 Å². The summed E-state index contributed by atoms with van der Waals surface area (Å²) in [6.07, 6.45) is 0.868. The number of hydrogen-bond acceptors (Lipinski definition) is 12. The second kappa shape index (κ2) is 11.0. The van der Waals surface area contributed by atoms with Gasteiger partial charge in [0.15, 0.2) is 0 Å². The number of ether oxygens (including phenoxy) is 4. The quantitative estimate of drug-likeness (QED) is 0.344. The number of nitrogens with zero attached hydrogens (tertiary/aromatic N) is 1. The second-order valence-corrected chi connectivity index (χ2v) is 12.9. The first-order chi connectivity index (χ1) is 18.5. The van der Waals surface area contributed by atoms with Gasteiger partial charge in [0.1, 0.15) is 18.8 Å². The summed E-state index contributed by atoms with van der Waals surface area (Å²) in [5.74, 6) is -3.03. The highest BCUT2D eigenvalue weighted by Crippen LogP contribution is 2.71. The van der Waals surface area contributed by atoms with E-state index in [0.717, 1.165) is 64.4 Å². The zero-order chi connectivity index (χ0) is 28.7. The van der Waals surface area contributed by atoms with E-state index in [9.17, 15) is 19.2 Å². The zero-order valence-electron chi connectivity index (χ0n) is 22.7. The van der Waals surface area contributed by atoms with E-state index in [0.29, 0.717) is 5.57 Å². The van der Waals surface area contributed by atoms with E-state index < -0.39 is 33.5 Å². The Bertz CT molecular complexity index is 1330. The Morgan fingerprint density at radius 1 is 0.795 bits per heavy atom. The van der Waals surface area contributed by atoms with E-state index in [1.165, 1.54) is 28.4 Å². The fraction of sp³-hybridized carbons (Fsp3) is 0.407. The topological polar surface area (TPSA) is 108 Å². The monoisotopic (exact) mass is 591 g/mol. The molecule has 9 nitrogen and oxygen atoms in total. The van der Waals surface area contributed by atoms with Crippen LogP contribution in [0.4, 0.5) is 5.69 Å². The van der Waals surface area contributed by atoms with Crippen LogP contribution in [0.5, 0.6) is 0 Å². The molecule has 3 heterocycles. The van der Waals surface area contributed by atoms with Gasteiger partial charge < -0.3 is 23.8 Å². The van der Waals surface area contributed by atoms with E-state index in [1.54, 1.807) is 0 Å². The smallest absolute Gasteiger partial charge is 0.345 e. The standard InChI is InChI=1S/C27H29NO8S3/c1-8-13-28-15-12-10-9-11-14(15)16-21(26(28,2)3)37-18(23(30)34-5)17(22(29)33-4)27(16)38-19(24(31)35-6)20(39-27)25(32)36-7/h9-12H,8,13H2,1-7H3. The molecule has 1 aromatic carbocycles. The van der Waals surface area contributed by atoms with Crippen molar-refractivity contribution in [1.29, 1.82) is 0 Å². The molecule has 12 heteroatoms. The number of carbonyl (C=O) groups is 4. The fourth-order valence-electron chi connectivity index (χ4n) is 4.95. The molecule has 4 rings (SSSR count). The summed E-state index contributed by atoms with van der Waals surface area (Å²) < 4.78 is 18.9. The summed E-state index contributed by atoms with van der Waals surface area (Å²) >= 11 is 3.11. The summed E-state index contributed by atoms with van der Waals surface area (Å²) in [5, 5.41) is 0. The number of methoxy groups -OCH3 is 4. The average molecular weight is 592 g/mol. The van der Waals surface area contributed by atoms with E-state index in [4.69, 9.17) is 18.9 Å². The molecule has 0 amide bonds. The summed E-state index contributed by atoms with van der Waals surface area (Å²) in [4.78, 5) is 55.8. The fourth-order valence-corrected chi connectivity index (χ4v) is 10.0. The number of benzene rings is 1. The maximum absolute atomic E-state index is 13.6. The molecule has 1 spiro atoms. The van der Waals surface area contributed by atoms with Crippen molar-refractivity contribution in [3.63, 3.8) is 0 Å². The number of carbonyl (C=O) groups excluding carboxylic acids is 4. The average Bonchev–Trinajstić information content (AvgIpc) is 3.33. The van der Waals surface area contributed by atoms with Gasteiger partial charge in [0.05, 0.1) is 39.6 Å². The lowest BCUT2D eigenvalue weighted by molar-refractivity contribution is -0.138. The number of thioether (sulfide) groups is 3. The second-order valence-electron chi connectivity index (χ2n) is 9.18. The van der Waals surface area contributed by atoms with E-state index in [1.807, 2.05) is 38.1 Å². The highest BCUT2D eigenvalue weighted by atomic mass is 32.2. The molecule has 0 atom stereocenters. The first-order valence-electron chi connectivity index (χ1n) is 12.0. The first-order valence-corrected chi connectivity index (χ1v) is 14.5. The molecule has 3 aliphatic rings. The maximum atomic E-state index is 13.6. The summed E-state index contributed by atoms with van der Waals surface area (Å²) in [6.45, 7) is 6.92. The highest BCUT2D eigenvalue weighted by molar-refractivity contribution is 8.26. The minimum atomic E-state index is -1.46. The van der Waals surface area contributed by atoms with Crippen LogP contribution in [0.2, 0.25) is 0 Å². The third kappa shape index (κ3) is 4.46. The predicted octanol–water partition coefficient (Wildman–Crippen LogP) is 4.49. The molecular formula is C27H29NO8S3. The Morgan fingerprint density at radius 3 is 1.82 bits per heavy atom. The van der Waals surface area contributed by atoms with Crippen LogP contribution < -0.4 is 4.90 Å². The van der Waals surface area contributed by atoms with E-state index in [2.05, 4.69) is 11.8 Å². The van der Waals surface area contributed by atoms with Gasteiger partial charge in [0.2, 0.25) is 0 Å². The lowest BCUT2D eigenvalue weighted by Gasteiger charge is -2.51. The van der Waals surface area contributed by atoms with Gasteiger partial charge in [0, 0.05) is 28.3 Å². The Hall–Kier alpha value is -2.83. The number of para-hydroxylation sites is 1. The van der Waals surface area contributed by atoms with Gasteiger partial charge in [-0.05, 0) is 26.3 Å². The van der Waals surface area contributed by atoms with Crippen LogP contribution >= 0.6 is 35.3 Å². The van der Waals surface area contributed by atoms with Gasteiger partial charge >= 0.3 is 23.9 Å². The Balaban J connectivity index is 2.14. The van der Waals surface area contributed by atoms with Gasteiger partial charge in [-0.15, -0.1) is 0 Å². The van der Waals surface area contributed by atoms with Crippen molar-refractivity contribution in [2.75, 3.05) is 39.9 Å². The summed E-state index contributed by atoms with van der Waals surface area (Å²) in [5.41, 5.74) is 1.78. The van der Waals surface area contributed by atoms with E-state index >= 15 is 0 Å². The minimum absolute atomic E-state index is 0.0227. The van der Waals surface area contributed by atoms with Crippen molar-refractivity contribution in [3.8, 4) is 0 Å². The van der Waals surface area contributed by atoms with Crippen molar-refractivity contribution in [1.82, 2.24) is 0 Å². The number of rotatable bonds is 6. The molecule has 0 aromatic heterocycles. The van der Waals surface area contributed by atoms with Crippen LogP contribution in [-0.2, 0) is 38.1 Å². The van der Waals surface area contributed by atoms with Crippen molar-refractivity contribution < 1.29 is 38.1 Å². The summed E-state index contributed by atoms with van der Waals surface area (Å²) in [6, 6.07) is 7.78. The van der Waals surface area contributed by atoms with Crippen LogP contribution in [0.3, 0.4) is 0 Å². The summed E-state index contributed by atoms with van der Waals surface area (Å²) in [7, 11) is 4.87. The number of anilines is 1. The molecule has 39 heavy (non-hydrogen) atoms. The lowest BCUT2D eigenvalue weighted by Crippen LogP contribution is -2.51. The highest BCUT2D eigenvalue weighted by Gasteiger charge is 2.61. The van der Waals surface area contributed by atoms with Crippen LogP contribution in [0.25, 0.3) is 5.57 Å². The first kappa shape index (κ1) is 29.2. The zero-order valence-corrected chi connectivity index (χ0v) is 25.1. The molecule has 0 unspecified atom stereocenters. The van der Waals surface area contributed by atoms with Crippen LogP contribution in [0.15, 0.2) is 49.5 Å². The Morgan fingerprint density at radius 2 is 1.31 bits per heavy atom. The molecular weight excluding hydrogens is 562 g/mol. The predicted molar refractivity (Wildman–Crippen MR) is 153 cm³/mol. The van der Waals surface area contributed by atoms with Crippen molar-refractivity contribution in [3.05, 3.63) is 55.0 Å². The molecule has 3 aliphatic heterocycles. The molecule has 0 saturated heterocycles. The SMILES string of the molecule is CCCN1c2ccccc2C2=C(SC(C(=O)OC)=C(C(=O)OC)C23SC(C(=O)OC)=C(C(=O)OC)S3)C1(C)C. The van der Waals surface area contributed by atoms with Crippen molar-refractivity contribution in [2.24, 2.45) is 0 Å². The van der Waals surface area contributed by atoms with E-state index in [-0.39, 0.29) is 20.3 Å². The molecule has 0 fully saturated rings. The normalized spacial score (nSPS) is 19.0. The number of esters is 4. The maximum Gasteiger partial charge on any atom is 0.345 e. The van der Waals surface area contributed by atoms with Crippen LogP contribution in [0, 0.1) is 0 Å². The number of hydrogen-bond donors (Lipinski definition) is 0. The molecule has 1 aromatic rings. The third-order valence-electron chi connectivity index (χ3n) is 6.66. The molecule has 0 radical (unpaired) electrons. The van der Waals surface area contributed by atoms with Crippen molar-refractivity contribution in [2.45, 2.75) is 36.8 Å². The molecule has 208 valence electrons. The molecule has 0 saturated carbocycles. The van der Waals surface area contributed by atoms with Crippen molar-refractivity contribution >= 4 is 70.4 Å². The van der Waals surface area contributed by atoms with Gasteiger partial charge in [-0.25, -0.2) is 19.2 Å². The lowest BCUT2D eigenvalue weighted by atomic mass is 9.83. The molecule has 0 bridgehead atoms. The van der Waals surface area contributed by atoms with Gasteiger partial charge in [-0.1, -0.05) is 60.4 Å². The third-order valence-corrected chi connectivity index (χ3v) is 11.3. The molecule has 0 aliphatic carbocycles. The Labute approximate surface area is 239 Å². The van der Waals surface area contributed by atoms with Crippen LogP contribution in [-0.4, -0.2) is 68.5 Å². The Kier molecular flexibility index (Phi) is 8.21. The minimum Gasteiger partial charge on any atom is -0.466 e. The largest absolute Gasteiger partial charge is 0.466 e. The van der Waals surface area contributed by atoms with Gasteiger partial charge in [-0.3, -0.25) is 0 Å². The van der Waals surface area contributed by atoms with Gasteiger partial charge in [-0.2, -0.15) is 0 Å². The van der Waals surface area contributed by atoms with Gasteiger partial charge in [0.25, 0.3) is 0 Å².